The minimum Gasteiger partial charge on any atom is -0.493 e. The first-order chi connectivity index (χ1) is 11.1. The zero-order valence-corrected chi connectivity index (χ0v) is 13.4. The number of halogens is 1. The highest BCUT2D eigenvalue weighted by atomic mass is 19.1. The first kappa shape index (κ1) is 17.2. The van der Waals surface area contributed by atoms with Crippen LogP contribution in [0, 0.1) is 5.82 Å². The van der Waals surface area contributed by atoms with Crippen molar-refractivity contribution in [3.05, 3.63) is 59.4 Å². The van der Waals surface area contributed by atoms with E-state index in [1.54, 1.807) is 38.3 Å². The Morgan fingerprint density at radius 1 is 1.17 bits per heavy atom. The van der Waals surface area contributed by atoms with Gasteiger partial charge in [-0.2, -0.15) is 0 Å². The van der Waals surface area contributed by atoms with E-state index < -0.39 is 0 Å². The van der Waals surface area contributed by atoms with E-state index in [-0.39, 0.29) is 18.5 Å². The zero-order chi connectivity index (χ0) is 16.7. The number of nitrogens with one attached hydrogen (secondary N) is 1. The van der Waals surface area contributed by atoms with Crippen LogP contribution in [0.3, 0.4) is 0 Å². The molecule has 2 aromatic rings. The second kappa shape index (κ2) is 8.50. The van der Waals surface area contributed by atoms with Crippen molar-refractivity contribution >= 4 is 0 Å². The average molecular weight is 319 g/mol. The van der Waals surface area contributed by atoms with Crippen LogP contribution in [-0.2, 0) is 13.2 Å². The van der Waals surface area contributed by atoms with Gasteiger partial charge in [0.25, 0.3) is 0 Å². The van der Waals surface area contributed by atoms with E-state index in [0.29, 0.717) is 30.2 Å². The number of benzene rings is 2. The van der Waals surface area contributed by atoms with Gasteiger partial charge in [-0.25, -0.2) is 4.39 Å². The lowest BCUT2D eigenvalue weighted by Gasteiger charge is -2.13. The molecule has 2 rings (SSSR count). The molecular formula is C18H22FNO3. The van der Waals surface area contributed by atoms with Gasteiger partial charge in [0.15, 0.2) is 11.5 Å². The quantitative estimate of drug-likeness (QED) is 0.785. The summed E-state index contributed by atoms with van der Waals surface area (Å²) in [7, 11) is 1.57. The minimum atomic E-state index is -0.389. The van der Waals surface area contributed by atoms with Crippen molar-refractivity contribution in [1.29, 1.82) is 0 Å². The number of hydrogen-bond donors (Lipinski definition) is 2. The van der Waals surface area contributed by atoms with E-state index >= 15 is 0 Å². The second-order valence-corrected chi connectivity index (χ2v) is 5.35. The third-order valence-corrected chi connectivity index (χ3v) is 3.34. The fraction of sp³-hybridized carbons (Fsp3) is 0.333. The van der Waals surface area contributed by atoms with Crippen LogP contribution in [0.5, 0.6) is 11.5 Å². The topological polar surface area (TPSA) is 50.7 Å². The lowest BCUT2D eigenvalue weighted by atomic mass is 10.2. The van der Waals surface area contributed by atoms with Gasteiger partial charge in [0.05, 0.1) is 13.2 Å². The number of hydrogen-bond acceptors (Lipinski definition) is 4. The van der Waals surface area contributed by atoms with Gasteiger partial charge in [-0.05, 0) is 30.7 Å². The van der Waals surface area contributed by atoms with Crippen LogP contribution in [0.1, 0.15) is 18.1 Å². The standard InChI is InChI=1S/C18H22FNO3/c1-13(21)10-20-11-14-7-8-17(18(9-14)22-2)23-12-15-5-3-4-6-16(15)19/h3-9,13,20-21H,10-12H2,1-2H3/t13-/m0/s1. The summed E-state index contributed by atoms with van der Waals surface area (Å²) in [6.45, 7) is 3.01. The molecule has 0 aromatic heterocycles. The Balaban J connectivity index is 2.00. The molecule has 0 amide bonds. The molecule has 5 heteroatoms. The van der Waals surface area contributed by atoms with Crippen LogP contribution >= 0.6 is 0 Å². The molecular weight excluding hydrogens is 297 g/mol. The van der Waals surface area contributed by atoms with E-state index in [1.165, 1.54) is 6.07 Å². The van der Waals surface area contributed by atoms with Gasteiger partial charge in [-0.3, -0.25) is 0 Å². The van der Waals surface area contributed by atoms with Crippen molar-refractivity contribution in [2.75, 3.05) is 13.7 Å². The van der Waals surface area contributed by atoms with Crippen LogP contribution in [0.15, 0.2) is 42.5 Å². The molecule has 0 aliphatic rings. The Morgan fingerprint density at radius 2 is 1.96 bits per heavy atom. The molecule has 0 unspecified atom stereocenters. The smallest absolute Gasteiger partial charge is 0.161 e. The summed E-state index contributed by atoms with van der Waals surface area (Å²) in [5.74, 6) is 0.873. The molecule has 0 aliphatic carbocycles. The van der Waals surface area contributed by atoms with Crippen LogP contribution in [0.2, 0.25) is 0 Å². The Hall–Kier alpha value is -2.11. The summed E-state index contributed by atoms with van der Waals surface area (Å²) in [5, 5.41) is 12.4. The van der Waals surface area contributed by atoms with E-state index in [0.717, 1.165) is 5.56 Å². The number of aliphatic hydroxyl groups excluding tert-OH is 1. The first-order valence-corrected chi connectivity index (χ1v) is 7.52. The number of methoxy groups -OCH3 is 1. The van der Waals surface area contributed by atoms with Crippen molar-refractivity contribution in [2.45, 2.75) is 26.2 Å². The summed E-state index contributed by atoms with van der Waals surface area (Å²) in [4.78, 5) is 0. The van der Waals surface area contributed by atoms with Gasteiger partial charge in [-0.15, -0.1) is 0 Å². The largest absolute Gasteiger partial charge is 0.493 e. The Bertz CT molecular complexity index is 631. The minimum absolute atomic E-state index is 0.142. The highest BCUT2D eigenvalue weighted by Crippen LogP contribution is 2.29. The molecule has 0 fully saturated rings. The SMILES string of the molecule is COc1cc(CNC[C@H](C)O)ccc1OCc1ccccc1F. The molecule has 2 aromatic carbocycles. The lowest BCUT2D eigenvalue weighted by molar-refractivity contribution is 0.191. The maximum atomic E-state index is 13.6. The third kappa shape index (κ3) is 5.23. The normalized spacial score (nSPS) is 12.0. The van der Waals surface area contributed by atoms with Gasteiger partial charge in [-0.1, -0.05) is 24.3 Å². The summed E-state index contributed by atoms with van der Waals surface area (Å²) in [6, 6.07) is 12.1. The molecule has 124 valence electrons. The predicted molar refractivity (Wildman–Crippen MR) is 87.1 cm³/mol. The summed E-state index contributed by atoms with van der Waals surface area (Å²) < 4.78 is 24.6. The summed E-state index contributed by atoms with van der Waals surface area (Å²) in [5.41, 5.74) is 1.51. The van der Waals surface area contributed by atoms with Crippen molar-refractivity contribution < 1.29 is 19.0 Å². The van der Waals surface area contributed by atoms with Crippen LogP contribution in [0.25, 0.3) is 0 Å². The molecule has 0 spiro atoms. The first-order valence-electron chi connectivity index (χ1n) is 7.52. The fourth-order valence-electron chi connectivity index (χ4n) is 2.14. The predicted octanol–water partition coefficient (Wildman–Crippen LogP) is 2.88. The molecule has 1 atom stereocenters. The van der Waals surface area contributed by atoms with Crippen LogP contribution < -0.4 is 14.8 Å². The summed E-state index contributed by atoms with van der Waals surface area (Å²) in [6.07, 6.45) is -0.389. The maximum absolute atomic E-state index is 13.6. The number of rotatable bonds is 8. The molecule has 0 saturated carbocycles. The fourth-order valence-corrected chi connectivity index (χ4v) is 2.14. The number of ether oxygens (including phenoxy) is 2. The monoisotopic (exact) mass is 319 g/mol. The third-order valence-electron chi connectivity index (χ3n) is 3.34. The maximum Gasteiger partial charge on any atom is 0.161 e. The zero-order valence-electron chi connectivity index (χ0n) is 13.4. The van der Waals surface area contributed by atoms with E-state index in [4.69, 9.17) is 9.47 Å². The van der Waals surface area contributed by atoms with Crippen molar-refractivity contribution in [3.63, 3.8) is 0 Å². The molecule has 0 bridgehead atoms. The van der Waals surface area contributed by atoms with Crippen LogP contribution in [0.4, 0.5) is 4.39 Å². The lowest BCUT2D eigenvalue weighted by Crippen LogP contribution is -2.23. The van der Waals surface area contributed by atoms with Gasteiger partial charge in [0.1, 0.15) is 12.4 Å². The Labute approximate surface area is 135 Å². The molecule has 0 radical (unpaired) electrons. The number of aliphatic hydroxyl groups is 1. The van der Waals surface area contributed by atoms with Gasteiger partial charge in [0.2, 0.25) is 0 Å². The Morgan fingerprint density at radius 3 is 2.65 bits per heavy atom. The van der Waals surface area contributed by atoms with Crippen LogP contribution in [-0.4, -0.2) is 24.9 Å². The van der Waals surface area contributed by atoms with Crippen molar-refractivity contribution in [3.8, 4) is 11.5 Å². The molecule has 4 nitrogen and oxygen atoms in total. The molecule has 0 saturated heterocycles. The van der Waals surface area contributed by atoms with E-state index in [9.17, 15) is 9.50 Å². The van der Waals surface area contributed by atoms with Gasteiger partial charge >= 0.3 is 0 Å². The Kier molecular flexibility index (Phi) is 6.38. The van der Waals surface area contributed by atoms with Gasteiger partial charge in [0, 0.05) is 18.7 Å². The molecule has 23 heavy (non-hydrogen) atoms. The molecule has 2 N–H and O–H groups in total. The molecule has 0 heterocycles. The highest BCUT2D eigenvalue weighted by Gasteiger charge is 2.08. The van der Waals surface area contributed by atoms with Gasteiger partial charge < -0.3 is 19.9 Å². The molecule has 0 aliphatic heterocycles. The van der Waals surface area contributed by atoms with Crippen molar-refractivity contribution in [2.24, 2.45) is 0 Å². The van der Waals surface area contributed by atoms with Crippen molar-refractivity contribution in [1.82, 2.24) is 5.32 Å². The van der Waals surface area contributed by atoms with E-state index in [2.05, 4.69) is 5.32 Å². The van der Waals surface area contributed by atoms with E-state index in [1.807, 2.05) is 12.1 Å². The second-order valence-electron chi connectivity index (χ2n) is 5.35. The summed E-state index contributed by atoms with van der Waals surface area (Å²) >= 11 is 0. The average Bonchev–Trinajstić information content (AvgIpc) is 2.54. The highest BCUT2D eigenvalue weighted by molar-refractivity contribution is 5.43.